The summed E-state index contributed by atoms with van der Waals surface area (Å²) < 4.78 is 0.973. The molecule has 13 heavy (non-hydrogen) atoms. The smallest absolute Gasteiger partial charge is 0.0641 e. The van der Waals surface area contributed by atoms with E-state index < -0.39 is 0 Å². The Hall–Kier alpha value is -0.850. The SMILES string of the molecule is Cc1ccc(Br)c(C(N)CC#N)c1. The summed E-state index contributed by atoms with van der Waals surface area (Å²) in [6.45, 7) is 2.01. The van der Waals surface area contributed by atoms with Crippen LogP contribution in [0.4, 0.5) is 0 Å². The van der Waals surface area contributed by atoms with Gasteiger partial charge in [0.2, 0.25) is 0 Å². The molecule has 0 spiro atoms. The third kappa shape index (κ3) is 2.55. The lowest BCUT2D eigenvalue weighted by molar-refractivity contribution is 0.744. The van der Waals surface area contributed by atoms with Gasteiger partial charge in [0.05, 0.1) is 12.5 Å². The van der Waals surface area contributed by atoms with Crippen molar-refractivity contribution < 1.29 is 0 Å². The Labute approximate surface area is 86.5 Å². The maximum Gasteiger partial charge on any atom is 0.0641 e. The Morgan fingerprint density at radius 2 is 2.31 bits per heavy atom. The molecule has 1 rings (SSSR count). The van der Waals surface area contributed by atoms with Crippen molar-refractivity contribution >= 4 is 15.9 Å². The maximum absolute atomic E-state index is 8.51. The van der Waals surface area contributed by atoms with E-state index in [-0.39, 0.29) is 6.04 Å². The minimum atomic E-state index is -0.195. The summed E-state index contributed by atoms with van der Waals surface area (Å²) in [7, 11) is 0. The van der Waals surface area contributed by atoms with Crippen LogP contribution in [-0.4, -0.2) is 0 Å². The normalized spacial score (nSPS) is 12.2. The van der Waals surface area contributed by atoms with Crippen molar-refractivity contribution in [3.05, 3.63) is 33.8 Å². The summed E-state index contributed by atoms with van der Waals surface area (Å²) in [5.74, 6) is 0. The number of benzene rings is 1. The van der Waals surface area contributed by atoms with E-state index in [2.05, 4.69) is 22.0 Å². The lowest BCUT2D eigenvalue weighted by atomic mass is 10.0. The van der Waals surface area contributed by atoms with E-state index in [0.717, 1.165) is 15.6 Å². The molecule has 0 aliphatic heterocycles. The van der Waals surface area contributed by atoms with Gasteiger partial charge in [-0.05, 0) is 18.6 Å². The van der Waals surface area contributed by atoms with Gasteiger partial charge in [0.1, 0.15) is 0 Å². The van der Waals surface area contributed by atoms with Crippen LogP contribution in [0.5, 0.6) is 0 Å². The number of rotatable bonds is 2. The number of nitriles is 1. The van der Waals surface area contributed by atoms with Gasteiger partial charge in [0.25, 0.3) is 0 Å². The Balaban J connectivity index is 3.00. The lowest BCUT2D eigenvalue weighted by Gasteiger charge is -2.10. The zero-order valence-corrected chi connectivity index (χ0v) is 9.01. The highest BCUT2D eigenvalue weighted by atomic mass is 79.9. The number of hydrogen-bond donors (Lipinski definition) is 1. The highest BCUT2D eigenvalue weighted by Crippen LogP contribution is 2.24. The summed E-state index contributed by atoms with van der Waals surface area (Å²) in [5.41, 5.74) is 7.98. The molecule has 0 aliphatic rings. The first-order valence-electron chi connectivity index (χ1n) is 4.03. The molecule has 0 bridgehead atoms. The molecule has 3 heteroatoms. The number of hydrogen-bond acceptors (Lipinski definition) is 2. The summed E-state index contributed by atoms with van der Waals surface area (Å²) in [6, 6.07) is 7.84. The molecule has 0 amide bonds. The van der Waals surface area contributed by atoms with Gasteiger partial charge < -0.3 is 5.73 Å². The van der Waals surface area contributed by atoms with Gasteiger partial charge in [-0.1, -0.05) is 33.6 Å². The van der Waals surface area contributed by atoms with E-state index in [1.165, 1.54) is 0 Å². The summed E-state index contributed by atoms with van der Waals surface area (Å²) >= 11 is 3.41. The quantitative estimate of drug-likeness (QED) is 0.862. The van der Waals surface area contributed by atoms with Gasteiger partial charge in [-0.2, -0.15) is 5.26 Å². The van der Waals surface area contributed by atoms with Gasteiger partial charge in [-0.15, -0.1) is 0 Å². The van der Waals surface area contributed by atoms with Crippen LogP contribution in [0.3, 0.4) is 0 Å². The molecule has 0 heterocycles. The predicted molar refractivity (Wildman–Crippen MR) is 56.0 cm³/mol. The molecule has 0 radical (unpaired) electrons. The van der Waals surface area contributed by atoms with Gasteiger partial charge >= 0.3 is 0 Å². The second-order valence-corrected chi connectivity index (χ2v) is 3.85. The van der Waals surface area contributed by atoms with Crippen LogP contribution in [0.1, 0.15) is 23.6 Å². The second-order valence-electron chi connectivity index (χ2n) is 2.99. The minimum Gasteiger partial charge on any atom is -0.323 e. The van der Waals surface area contributed by atoms with Crippen molar-refractivity contribution in [1.29, 1.82) is 5.26 Å². The first-order valence-corrected chi connectivity index (χ1v) is 4.83. The van der Waals surface area contributed by atoms with Crippen molar-refractivity contribution in [2.75, 3.05) is 0 Å². The van der Waals surface area contributed by atoms with Crippen LogP contribution in [0.2, 0.25) is 0 Å². The van der Waals surface area contributed by atoms with Gasteiger partial charge in [0.15, 0.2) is 0 Å². The number of nitrogens with zero attached hydrogens (tertiary/aromatic N) is 1. The van der Waals surface area contributed by atoms with Crippen molar-refractivity contribution in [1.82, 2.24) is 0 Å². The fourth-order valence-corrected chi connectivity index (χ4v) is 1.70. The highest BCUT2D eigenvalue weighted by molar-refractivity contribution is 9.10. The average molecular weight is 239 g/mol. The van der Waals surface area contributed by atoms with Crippen LogP contribution in [0.15, 0.2) is 22.7 Å². The van der Waals surface area contributed by atoms with Crippen LogP contribution in [-0.2, 0) is 0 Å². The number of nitrogens with two attached hydrogens (primary N) is 1. The summed E-state index contributed by atoms with van der Waals surface area (Å²) in [4.78, 5) is 0. The Morgan fingerprint density at radius 3 is 2.92 bits per heavy atom. The van der Waals surface area contributed by atoms with Crippen molar-refractivity contribution in [2.45, 2.75) is 19.4 Å². The summed E-state index contributed by atoms with van der Waals surface area (Å²) in [5, 5.41) is 8.51. The molecule has 0 saturated heterocycles. The zero-order valence-electron chi connectivity index (χ0n) is 7.42. The number of aryl methyl sites for hydroxylation is 1. The molecular weight excluding hydrogens is 228 g/mol. The molecular formula is C10H11BrN2. The Bertz CT molecular complexity index is 341. The standard InChI is InChI=1S/C10H11BrN2/c1-7-2-3-9(11)8(6-7)10(13)4-5-12/h2-3,6,10H,4,13H2,1H3. The van der Waals surface area contributed by atoms with Gasteiger partial charge in [-0.25, -0.2) is 0 Å². The monoisotopic (exact) mass is 238 g/mol. The molecule has 0 fully saturated rings. The van der Waals surface area contributed by atoms with E-state index in [1.807, 2.05) is 25.1 Å². The van der Waals surface area contributed by atoms with E-state index in [9.17, 15) is 0 Å². The van der Waals surface area contributed by atoms with Gasteiger partial charge in [0, 0.05) is 10.5 Å². The van der Waals surface area contributed by atoms with Crippen LogP contribution >= 0.6 is 15.9 Å². The number of halogens is 1. The summed E-state index contributed by atoms with van der Waals surface area (Å²) in [6.07, 6.45) is 0.349. The van der Waals surface area contributed by atoms with E-state index in [1.54, 1.807) is 0 Å². The molecule has 1 atom stereocenters. The highest BCUT2D eigenvalue weighted by Gasteiger charge is 2.08. The topological polar surface area (TPSA) is 49.8 Å². The molecule has 0 aliphatic carbocycles. The van der Waals surface area contributed by atoms with Crippen molar-refractivity contribution in [3.8, 4) is 6.07 Å². The third-order valence-electron chi connectivity index (χ3n) is 1.86. The average Bonchev–Trinajstić information content (AvgIpc) is 2.09. The third-order valence-corrected chi connectivity index (χ3v) is 2.58. The maximum atomic E-state index is 8.51. The van der Waals surface area contributed by atoms with Crippen molar-refractivity contribution in [3.63, 3.8) is 0 Å². The molecule has 68 valence electrons. The van der Waals surface area contributed by atoms with Crippen molar-refractivity contribution in [2.24, 2.45) is 5.73 Å². The molecule has 1 unspecified atom stereocenters. The van der Waals surface area contributed by atoms with E-state index in [4.69, 9.17) is 11.0 Å². The van der Waals surface area contributed by atoms with Crippen LogP contribution in [0, 0.1) is 18.3 Å². The second kappa shape index (κ2) is 4.40. The largest absolute Gasteiger partial charge is 0.323 e. The molecule has 2 N–H and O–H groups in total. The molecule has 0 saturated carbocycles. The van der Waals surface area contributed by atoms with E-state index in [0.29, 0.717) is 6.42 Å². The molecule has 2 nitrogen and oxygen atoms in total. The molecule has 0 aromatic heterocycles. The first kappa shape index (κ1) is 10.2. The van der Waals surface area contributed by atoms with Gasteiger partial charge in [-0.3, -0.25) is 0 Å². The first-order chi connectivity index (χ1) is 6.15. The molecule has 1 aromatic carbocycles. The fourth-order valence-electron chi connectivity index (χ4n) is 1.16. The Morgan fingerprint density at radius 1 is 1.62 bits per heavy atom. The van der Waals surface area contributed by atoms with E-state index >= 15 is 0 Å². The van der Waals surface area contributed by atoms with Crippen LogP contribution in [0.25, 0.3) is 0 Å². The van der Waals surface area contributed by atoms with Crippen LogP contribution < -0.4 is 5.73 Å². The Kier molecular flexibility index (Phi) is 3.47. The minimum absolute atomic E-state index is 0.195. The predicted octanol–water partition coefficient (Wildman–Crippen LogP) is 2.67. The zero-order chi connectivity index (χ0) is 9.84. The molecule has 1 aromatic rings. The lowest BCUT2D eigenvalue weighted by Crippen LogP contribution is -2.10. The fraction of sp³-hybridized carbons (Fsp3) is 0.300.